The molecule has 326 valence electrons. The Bertz CT molecular complexity index is 2610. The van der Waals surface area contributed by atoms with E-state index in [1.54, 1.807) is 17.0 Å². The monoisotopic (exact) mass is 850 g/mol. The van der Waals surface area contributed by atoms with E-state index >= 15 is 0 Å². The Labute approximate surface area is 366 Å². The summed E-state index contributed by atoms with van der Waals surface area (Å²) in [5.74, 6) is 1.71. The minimum absolute atomic E-state index is 0.0914. The Morgan fingerprint density at radius 1 is 0.889 bits per heavy atom. The summed E-state index contributed by atoms with van der Waals surface area (Å²) in [5, 5.41) is 15.6. The molecular formula is C49H54N8O6. The number of H-pyrrole nitrogens is 1. The van der Waals surface area contributed by atoms with Crippen LogP contribution in [0.15, 0.2) is 71.7 Å². The third-order valence-corrected chi connectivity index (χ3v) is 15.5. The summed E-state index contributed by atoms with van der Waals surface area (Å²) < 4.78 is 6.31. The van der Waals surface area contributed by atoms with Crippen molar-refractivity contribution >= 4 is 45.9 Å². The number of fused-ring (bicyclic) bond motifs is 3. The predicted octanol–water partition coefficient (Wildman–Crippen LogP) is 4.52. The van der Waals surface area contributed by atoms with E-state index in [1.807, 2.05) is 24.3 Å². The molecule has 4 atom stereocenters. The maximum Gasteiger partial charge on any atom is 0.255 e. The van der Waals surface area contributed by atoms with Crippen LogP contribution < -0.4 is 30.6 Å². The Balaban J connectivity index is 0.682. The molecule has 10 rings (SSSR count). The molecule has 3 saturated heterocycles. The molecule has 1 aromatic heterocycles. The number of piperidine rings is 2. The van der Waals surface area contributed by atoms with Crippen molar-refractivity contribution in [1.82, 2.24) is 25.4 Å². The lowest BCUT2D eigenvalue weighted by atomic mass is 9.44. The van der Waals surface area contributed by atoms with Gasteiger partial charge in [0.15, 0.2) is 5.43 Å². The topological polar surface area (TPSA) is 171 Å². The minimum atomic E-state index is -0.605. The Morgan fingerprint density at radius 3 is 2.30 bits per heavy atom. The fourth-order valence-electron chi connectivity index (χ4n) is 12.1. The highest BCUT2D eigenvalue weighted by Crippen LogP contribution is 2.59. The molecule has 2 unspecified atom stereocenters. The van der Waals surface area contributed by atoms with Crippen molar-refractivity contribution in [2.45, 2.75) is 59.2 Å². The number of benzene rings is 3. The lowest BCUT2D eigenvalue weighted by molar-refractivity contribution is -0.137. The number of ether oxygens (including phenoxy) is 1. The van der Waals surface area contributed by atoms with Gasteiger partial charge in [0.05, 0.1) is 23.1 Å². The van der Waals surface area contributed by atoms with Crippen molar-refractivity contribution in [2.24, 2.45) is 34.5 Å². The molecule has 5 heterocycles. The van der Waals surface area contributed by atoms with Crippen LogP contribution >= 0.6 is 0 Å². The van der Waals surface area contributed by atoms with Gasteiger partial charge in [0, 0.05) is 106 Å². The maximum absolute atomic E-state index is 13.7. The number of aromatic nitrogens is 1. The van der Waals surface area contributed by atoms with Gasteiger partial charge in [-0.25, -0.2) is 0 Å². The highest BCUT2D eigenvalue weighted by atomic mass is 16.5. The molecule has 2 saturated carbocycles. The SMILES string of the molecule is CC1(C)C(COc2ccc(C#N)c3[nH]ccc(=O)c23)C(C)(C)C1NC(=O)c1ccc(N2CC3C(CN4CCN(c5ccc6c(c5)CN([C@H]5CCC(=O)NC5=O)C6=O)CC4)[C@H]3C2)cc1. The van der Waals surface area contributed by atoms with Gasteiger partial charge in [0.2, 0.25) is 11.8 Å². The highest BCUT2D eigenvalue weighted by Gasteiger charge is 2.62. The average molecular weight is 851 g/mol. The number of hydrogen-bond donors (Lipinski definition) is 3. The van der Waals surface area contributed by atoms with E-state index < -0.39 is 6.04 Å². The summed E-state index contributed by atoms with van der Waals surface area (Å²) >= 11 is 0. The van der Waals surface area contributed by atoms with Crippen molar-refractivity contribution in [1.29, 1.82) is 5.26 Å². The average Bonchev–Trinajstić information content (AvgIpc) is 3.53. The standard InChI is InChI=1S/C49H54N8O6/c1-48(2)40(27-63-39-13-7-29(22-50)43-42(39)38(58)15-16-51-43)49(3,4)47(48)53-44(60)28-5-8-31(9-6-28)56-25-35-34(36(35)26-56)24-54-17-19-55(20-18-54)32-10-11-33-30(21-32)23-57(46(33)62)37-12-14-41(59)52-45(37)61/h5-11,13,15-16,21,34-37,40,47H,12,14,17-20,23-27H2,1-4H3,(H,51,58)(H,53,60)(H,52,59,61)/t34?,35-,36?,37+,40?,47?/m1/s1. The lowest BCUT2D eigenvalue weighted by Gasteiger charge is -2.64. The van der Waals surface area contributed by atoms with Crippen LogP contribution in [0.25, 0.3) is 10.9 Å². The number of amides is 4. The van der Waals surface area contributed by atoms with Gasteiger partial charge in [-0.15, -0.1) is 0 Å². The summed E-state index contributed by atoms with van der Waals surface area (Å²) in [6.45, 7) is 16.4. The number of imide groups is 1. The van der Waals surface area contributed by atoms with E-state index in [4.69, 9.17) is 4.74 Å². The number of nitrogens with zero attached hydrogens (tertiary/aromatic N) is 5. The van der Waals surface area contributed by atoms with Crippen LogP contribution in [0, 0.1) is 45.8 Å². The van der Waals surface area contributed by atoms with Crippen molar-refractivity contribution in [3.8, 4) is 11.8 Å². The first-order valence-electron chi connectivity index (χ1n) is 22.3. The number of carbonyl (C=O) groups is 4. The van der Waals surface area contributed by atoms with Gasteiger partial charge in [0.1, 0.15) is 17.9 Å². The number of hydrogen-bond acceptors (Lipinski definition) is 10. The zero-order chi connectivity index (χ0) is 43.9. The molecule has 0 radical (unpaired) electrons. The van der Waals surface area contributed by atoms with Crippen LogP contribution in [0.1, 0.15) is 72.4 Å². The second-order valence-corrected chi connectivity index (χ2v) is 19.7. The molecule has 6 aliphatic rings. The Kier molecular flexibility index (Phi) is 9.89. The van der Waals surface area contributed by atoms with Crippen molar-refractivity contribution in [2.75, 3.05) is 62.2 Å². The number of nitriles is 1. The second-order valence-electron chi connectivity index (χ2n) is 19.7. The first-order chi connectivity index (χ1) is 30.2. The molecule has 5 fully saturated rings. The molecule has 2 aliphatic carbocycles. The molecule has 3 N–H and O–H groups in total. The molecule has 14 heteroatoms. The number of anilines is 2. The van der Waals surface area contributed by atoms with Gasteiger partial charge in [-0.2, -0.15) is 5.26 Å². The number of piperazine rings is 1. The van der Waals surface area contributed by atoms with Crippen LogP contribution in [-0.4, -0.2) is 103 Å². The number of nitrogens with one attached hydrogen (secondary N) is 3. The molecule has 4 aromatic rings. The fraction of sp³-hybridized carbons (Fsp3) is 0.469. The molecule has 14 nitrogen and oxygen atoms in total. The smallest absolute Gasteiger partial charge is 0.255 e. The fourth-order valence-corrected chi connectivity index (χ4v) is 12.1. The zero-order valence-electron chi connectivity index (χ0n) is 36.3. The molecule has 4 aliphatic heterocycles. The first-order valence-corrected chi connectivity index (χ1v) is 22.3. The van der Waals surface area contributed by atoms with Gasteiger partial charge < -0.3 is 29.7 Å². The van der Waals surface area contributed by atoms with Gasteiger partial charge in [-0.1, -0.05) is 27.7 Å². The molecule has 0 spiro atoms. The summed E-state index contributed by atoms with van der Waals surface area (Å²) in [4.78, 5) is 75.8. The lowest BCUT2D eigenvalue weighted by Crippen LogP contribution is -2.71. The largest absolute Gasteiger partial charge is 0.492 e. The first kappa shape index (κ1) is 40.8. The van der Waals surface area contributed by atoms with E-state index in [1.165, 1.54) is 12.3 Å². The molecule has 63 heavy (non-hydrogen) atoms. The normalized spacial score (nSPS) is 27.0. The van der Waals surface area contributed by atoms with Crippen molar-refractivity contribution < 1.29 is 23.9 Å². The summed E-state index contributed by atoms with van der Waals surface area (Å²) in [6.07, 6.45) is 2.15. The minimum Gasteiger partial charge on any atom is -0.492 e. The van der Waals surface area contributed by atoms with Crippen molar-refractivity contribution in [3.05, 3.63) is 99.3 Å². The molecule has 0 bridgehead atoms. The van der Waals surface area contributed by atoms with Crippen LogP contribution in [0.4, 0.5) is 11.4 Å². The summed E-state index contributed by atoms with van der Waals surface area (Å²) in [7, 11) is 0. The second kappa shape index (κ2) is 15.3. The number of rotatable bonds is 10. The molecule has 4 amide bonds. The van der Waals surface area contributed by atoms with Gasteiger partial charge in [-0.05, 0) is 95.2 Å². The van der Waals surface area contributed by atoms with E-state index in [0.29, 0.717) is 70.7 Å². The maximum atomic E-state index is 13.7. The van der Waals surface area contributed by atoms with Crippen LogP contribution in [0.3, 0.4) is 0 Å². The van der Waals surface area contributed by atoms with E-state index in [-0.39, 0.29) is 58.3 Å². The third kappa shape index (κ3) is 7.01. The number of carbonyl (C=O) groups excluding carboxylic acids is 4. The van der Waals surface area contributed by atoms with E-state index in [0.717, 1.165) is 62.8 Å². The summed E-state index contributed by atoms with van der Waals surface area (Å²) in [6, 6.07) is 20.3. The Morgan fingerprint density at radius 2 is 1.60 bits per heavy atom. The van der Waals surface area contributed by atoms with E-state index in [9.17, 15) is 29.2 Å². The van der Waals surface area contributed by atoms with Gasteiger partial charge in [0.25, 0.3) is 11.8 Å². The number of pyridine rings is 1. The third-order valence-electron chi connectivity index (χ3n) is 15.5. The Hall–Kier alpha value is -6.20. The van der Waals surface area contributed by atoms with Crippen molar-refractivity contribution in [3.63, 3.8) is 0 Å². The van der Waals surface area contributed by atoms with Crippen LogP contribution in [0.5, 0.6) is 5.75 Å². The van der Waals surface area contributed by atoms with Crippen LogP contribution in [-0.2, 0) is 16.1 Å². The quantitative estimate of drug-likeness (QED) is 0.193. The summed E-state index contributed by atoms with van der Waals surface area (Å²) in [5.41, 5.74) is 4.59. The van der Waals surface area contributed by atoms with Gasteiger partial charge >= 0.3 is 0 Å². The predicted molar refractivity (Wildman–Crippen MR) is 237 cm³/mol. The molecular weight excluding hydrogens is 797 g/mol. The number of aromatic amines is 1. The van der Waals surface area contributed by atoms with E-state index in [2.05, 4.69) is 82.3 Å². The zero-order valence-corrected chi connectivity index (χ0v) is 36.3. The van der Waals surface area contributed by atoms with Crippen LogP contribution in [0.2, 0.25) is 0 Å². The molecule has 3 aromatic carbocycles. The highest BCUT2D eigenvalue weighted by molar-refractivity contribution is 6.05. The van der Waals surface area contributed by atoms with Gasteiger partial charge in [-0.3, -0.25) is 34.2 Å².